The zero-order chi connectivity index (χ0) is 10.9. The number of hydrogen-bond acceptors (Lipinski definition) is 4. The molecule has 0 spiro atoms. The number of ether oxygens (including phenoxy) is 1. The predicted octanol–water partition coefficient (Wildman–Crippen LogP) is 1.05. The molecule has 1 aliphatic rings. The number of thioether (sulfide) groups is 1. The van der Waals surface area contributed by atoms with Gasteiger partial charge in [0, 0.05) is 19.1 Å². The lowest BCUT2D eigenvalue weighted by molar-refractivity contribution is -0.00587. The minimum atomic E-state index is 0.579. The van der Waals surface area contributed by atoms with Gasteiger partial charge in [-0.25, -0.2) is 0 Å². The van der Waals surface area contributed by atoms with Crippen LogP contribution in [-0.4, -0.2) is 62.3 Å². The molecule has 1 aliphatic heterocycles. The molecule has 3 nitrogen and oxygen atoms in total. The molecule has 1 N–H and O–H groups in total. The van der Waals surface area contributed by atoms with E-state index in [-0.39, 0.29) is 0 Å². The first-order valence-electron chi connectivity index (χ1n) is 5.92. The Labute approximate surface area is 97.9 Å². The van der Waals surface area contributed by atoms with Gasteiger partial charge < -0.3 is 10.1 Å². The quantitative estimate of drug-likeness (QED) is 0.663. The number of likely N-dealkylation sites (N-methyl/N-ethyl adjacent to an activating group) is 1. The molecule has 0 radical (unpaired) electrons. The van der Waals surface area contributed by atoms with E-state index in [0.29, 0.717) is 6.04 Å². The molecular weight excluding hydrogens is 208 g/mol. The molecule has 4 heteroatoms. The fourth-order valence-electron chi connectivity index (χ4n) is 1.92. The molecule has 1 saturated heterocycles. The molecule has 0 saturated carbocycles. The van der Waals surface area contributed by atoms with Crippen molar-refractivity contribution in [3.63, 3.8) is 0 Å². The highest BCUT2D eigenvalue weighted by molar-refractivity contribution is 7.99. The number of nitrogens with one attached hydrogen (secondary N) is 1. The smallest absolute Gasteiger partial charge is 0.0634 e. The van der Waals surface area contributed by atoms with Crippen LogP contribution in [0.25, 0.3) is 0 Å². The van der Waals surface area contributed by atoms with Gasteiger partial charge in [0.1, 0.15) is 0 Å². The Hall–Kier alpha value is 0.230. The van der Waals surface area contributed by atoms with E-state index in [1.807, 2.05) is 18.8 Å². The van der Waals surface area contributed by atoms with Gasteiger partial charge >= 0.3 is 0 Å². The second kappa shape index (κ2) is 8.39. The highest BCUT2D eigenvalue weighted by Gasteiger charge is 2.21. The summed E-state index contributed by atoms with van der Waals surface area (Å²) in [6.07, 6.45) is 1.30. The Morgan fingerprint density at radius 2 is 2.40 bits per heavy atom. The lowest BCUT2D eigenvalue weighted by atomic mass is 10.2. The molecule has 0 aromatic heterocycles. The summed E-state index contributed by atoms with van der Waals surface area (Å²) in [6, 6.07) is 0.579. The lowest BCUT2D eigenvalue weighted by Crippen LogP contribution is -2.50. The van der Waals surface area contributed by atoms with E-state index < -0.39 is 0 Å². The Kier molecular flexibility index (Phi) is 7.44. The Balaban J connectivity index is 2.17. The minimum absolute atomic E-state index is 0.579. The second-order valence-electron chi connectivity index (χ2n) is 3.87. The molecule has 1 heterocycles. The predicted molar refractivity (Wildman–Crippen MR) is 67.7 cm³/mol. The Morgan fingerprint density at radius 3 is 3.13 bits per heavy atom. The Bertz CT molecular complexity index is 156. The van der Waals surface area contributed by atoms with Crippen LogP contribution in [0.15, 0.2) is 0 Å². The van der Waals surface area contributed by atoms with Gasteiger partial charge in [0.15, 0.2) is 0 Å². The van der Waals surface area contributed by atoms with Crippen molar-refractivity contribution in [1.29, 1.82) is 0 Å². The van der Waals surface area contributed by atoms with Crippen molar-refractivity contribution in [1.82, 2.24) is 10.2 Å². The van der Waals surface area contributed by atoms with E-state index in [1.165, 1.54) is 24.5 Å². The van der Waals surface area contributed by atoms with E-state index in [9.17, 15) is 0 Å². The van der Waals surface area contributed by atoms with Crippen molar-refractivity contribution in [2.75, 3.05) is 51.4 Å². The molecule has 1 atom stereocenters. The van der Waals surface area contributed by atoms with Crippen molar-refractivity contribution in [3.8, 4) is 0 Å². The standard InChI is InChI=1S/C11H24N2OS/c1-3-15-8-4-5-13-6-7-14-10-11(13)9-12-2/h11-12H,3-10H2,1-2H3. The molecule has 90 valence electrons. The van der Waals surface area contributed by atoms with Gasteiger partial charge in [-0.05, 0) is 31.5 Å². The van der Waals surface area contributed by atoms with E-state index in [4.69, 9.17) is 4.74 Å². The lowest BCUT2D eigenvalue weighted by Gasteiger charge is -2.35. The minimum Gasteiger partial charge on any atom is -0.378 e. The maximum Gasteiger partial charge on any atom is 0.0634 e. The first-order chi connectivity index (χ1) is 7.38. The van der Waals surface area contributed by atoms with Gasteiger partial charge in [-0.15, -0.1) is 0 Å². The third-order valence-electron chi connectivity index (χ3n) is 2.73. The first-order valence-corrected chi connectivity index (χ1v) is 7.08. The summed E-state index contributed by atoms with van der Waals surface area (Å²) >= 11 is 2.04. The largest absolute Gasteiger partial charge is 0.378 e. The van der Waals surface area contributed by atoms with E-state index >= 15 is 0 Å². The van der Waals surface area contributed by atoms with Crippen LogP contribution in [0.3, 0.4) is 0 Å². The van der Waals surface area contributed by atoms with Gasteiger partial charge in [0.2, 0.25) is 0 Å². The fraction of sp³-hybridized carbons (Fsp3) is 1.00. The van der Waals surface area contributed by atoms with E-state index in [2.05, 4.69) is 17.1 Å². The van der Waals surface area contributed by atoms with Crippen LogP contribution in [-0.2, 0) is 4.74 Å². The van der Waals surface area contributed by atoms with Gasteiger partial charge in [-0.3, -0.25) is 4.90 Å². The third kappa shape index (κ3) is 5.20. The summed E-state index contributed by atoms with van der Waals surface area (Å²) in [7, 11) is 2.01. The monoisotopic (exact) mass is 232 g/mol. The average Bonchev–Trinajstić information content (AvgIpc) is 2.27. The topological polar surface area (TPSA) is 24.5 Å². The third-order valence-corrected chi connectivity index (χ3v) is 3.71. The number of nitrogens with zero attached hydrogens (tertiary/aromatic N) is 1. The van der Waals surface area contributed by atoms with Crippen molar-refractivity contribution in [2.24, 2.45) is 0 Å². The molecule has 0 aliphatic carbocycles. The maximum atomic E-state index is 5.51. The summed E-state index contributed by atoms with van der Waals surface area (Å²) in [5.41, 5.74) is 0. The van der Waals surface area contributed by atoms with Crippen molar-refractivity contribution < 1.29 is 4.74 Å². The number of rotatable bonds is 7. The molecule has 1 fully saturated rings. The maximum absolute atomic E-state index is 5.51. The van der Waals surface area contributed by atoms with Crippen LogP contribution in [0, 0.1) is 0 Å². The fourth-order valence-corrected chi connectivity index (χ4v) is 2.54. The van der Waals surface area contributed by atoms with Crippen LogP contribution >= 0.6 is 11.8 Å². The van der Waals surface area contributed by atoms with Gasteiger partial charge in [0.25, 0.3) is 0 Å². The molecule has 15 heavy (non-hydrogen) atoms. The van der Waals surface area contributed by atoms with Crippen molar-refractivity contribution >= 4 is 11.8 Å². The van der Waals surface area contributed by atoms with E-state index in [1.54, 1.807) is 0 Å². The Morgan fingerprint density at radius 1 is 1.53 bits per heavy atom. The van der Waals surface area contributed by atoms with Crippen LogP contribution < -0.4 is 5.32 Å². The summed E-state index contributed by atoms with van der Waals surface area (Å²) in [6.45, 7) is 7.39. The van der Waals surface area contributed by atoms with Gasteiger partial charge in [0.05, 0.1) is 13.2 Å². The zero-order valence-corrected chi connectivity index (χ0v) is 10.8. The average molecular weight is 232 g/mol. The van der Waals surface area contributed by atoms with Crippen molar-refractivity contribution in [3.05, 3.63) is 0 Å². The molecule has 0 amide bonds. The molecule has 0 aromatic rings. The molecule has 0 aromatic carbocycles. The van der Waals surface area contributed by atoms with E-state index in [0.717, 1.165) is 26.3 Å². The number of hydrogen-bond donors (Lipinski definition) is 1. The van der Waals surface area contributed by atoms with Gasteiger partial charge in [-0.1, -0.05) is 6.92 Å². The number of morpholine rings is 1. The van der Waals surface area contributed by atoms with Crippen LogP contribution in [0.5, 0.6) is 0 Å². The second-order valence-corrected chi connectivity index (χ2v) is 5.27. The van der Waals surface area contributed by atoms with Crippen LogP contribution in [0.4, 0.5) is 0 Å². The highest BCUT2D eigenvalue weighted by Crippen LogP contribution is 2.09. The normalized spacial score (nSPS) is 23.2. The molecule has 1 unspecified atom stereocenters. The summed E-state index contributed by atoms with van der Waals surface area (Å²) in [5, 5.41) is 3.24. The first kappa shape index (κ1) is 13.3. The SMILES string of the molecule is CCSCCCN1CCOCC1CNC. The molecular formula is C11H24N2OS. The zero-order valence-electron chi connectivity index (χ0n) is 10.00. The van der Waals surface area contributed by atoms with Gasteiger partial charge in [-0.2, -0.15) is 11.8 Å². The highest BCUT2D eigenvalue weighted by atomic mass is 32.2. The van der Waals surface area contributed by atoms with Crippen LogP contribution in [0.1, 0.15) is 13.3 Å². The molecule has 0 bridgehead atoms. The molecule has 1 rings (SSSR count). The summed E-state index contributed by atoms with van der Waals surface area (Å²) < 4.78 is 5.51. The van der Waals surface area contributed by atoms with Crippen molar-refractivity contribution in [2.45, 2.75) is 19.4 Å². The van der Waals surface area contributed by atoms with Crippen LogP contribution in [0.2, 0.25) is 0 Å². The summed E-state index contributed by atoms with van der Waals surface area (Å²) in [4.78, 5) is 2.57. The summed E-state index contributed by atoms with van der Waals surface area (Å²) in [5.74, 6) is 2.53.